The highest BCUT2D eigenvalue weighted by Crippen LogP contribution is 2.38. The fourth-order valence-electron chi connectivity index (χ4n) is 1.76. The minimum Gasteiger partial charge on any atom is -0.489 e. The van der Waals surface area contributed by atoms with Gasteiger partial charge in [-0.3, -0.25) is 10.1 Å². The molecule has 1 aliphatic rings. The number of aromatic nitrogens is 2. The molecule has 1 aliphatic heterocycles. The average Bonchev–Trinajstić information content (AvgIpc) is 2.81. The first-order valence-electron chi connectivity index (χ1n) is 5.91. The number of nitrogens with zero attached hydrogens (tertiary/aromatic N) is 2. The summed E-state index contributed by atoms with van der Waals surface area (Å²) in [5.74, 6) is 0.647. The van der Waals surface area contributed by atoms with Gasteiger partial charge in [0, 0.05) is 12.0 Å². The summed E-state index contributed by atoms with van der Waals surface area (Å²) in [6.45, 7) is 1.08. The van der Waals surface area contributed by atoms with Crippen molar-refractivity contribution >= 4 is 34.0 Å². The molecular weight excluding hydrogens is 302 g/mol. The van der Waals surface area contributed by atoms with E-state index in [9.17, 15) is 4.79 Å². The Morgan fingerprint density at radius 2 is 2.20 bits per heavy atom. The molecule has 104 valence electrons. The van der Waals surface area contributed by atoms with Crippen molar-refractivity contribution in [3.05, 3.63) is 28.2 Å². The number of fused-ring (bicyclic) bond motifs is 1. The van der Waals surface area contributed by atoms with Crippen molar-refractivity contribution in [2.24, 2.45) is 0 Å². The van der Waals surface area contributed by atoms with E-state index >= 15 is 0 Å². The SMILES string of the molecule is O=C(Nc1nncs1)c1cc(Cl)c2c(c1)OCCCO2. The van der Waals surface area contributed by atoms with Gasteiger partial charge in [-0.15, -0.1) is 10.2 Å². The van der Waals surface area contributed by atoms with E-state index in [-0.39, 0.29) is 5.91 Å². The van der Waals surface area contributed by atoms with Crippen molar-refractivity contribution in [3.63, 3.8) is 0 Å². The summed E-state index contributed by atoms with van der Waals surface area (Å²) in [5.41, 5.74) is 1.92. The Balaban J connectivity index is 1.88. The molecule has 0 radical (unpaired) electrons. The molecule has 3 rings (SSSR count). The zero-order chi connectivity index (χ0) is 13.9. The molecule has 20 heavy (non-hydrogen) atoms. The molecule has 0 spiro atoms. The largest absolute Gasteiger partial charge is 0.489 e. The maximum atomic E-state index is 12.1. The number of amides is 1. The molecule has 2 aromatic rings. The molecule has 0 atom stereocenters. The third kappa shape index (κ3) is 2.68. The molecule has 0 saturated carbocycles. The van der Waals surface area contributed by atoms with Crippen LogP contribution in [0.15, 0.2) is 17.6 Å². The first-order chi connectivity index (χ1) is 9.74. The van der Waals surface area contributed by atoms with Gasteiger partial charge in [0.05, 0.1) is 18.2 Å². The van der Waals surface area contributed by atoms with Crippen LogP contribution in [0.4, 0.5) is 5.13 Å². The summed E-state index contributed by atoms with van der Waals surface area (Å²) in [6.07, 6.45) is 0.775. The number of carbonyl (C=O) groups is 1. The molecule has 2 heterocycles. The van der Waals surface area contributed by atoms with Crippen molar-refractivity contribution < 1.29 is 14.3 Å². The van der Waals surface area contributed by atoms with Crippen LogP contribution in [-0.2, 0) is 0 Å². The first kappa shape index (κ1) is 13.1. The summed E-state index contributed by atoms with van der Waals surface area (Å²) in [5, 5.41) is 10.8. The van der Waals surface area contributed by atoms with Crippen molar-refractivity contribution in [3.8, 4) is 11.5 Å². The van der Waals surface area contributed by atoms with Crippen molar-refractivity contribution in [2.75, 3.05) is 18.5 Å². The highest BCUT2D eigenvalue weighted by atomic mass is 35.5. The van der Waals surface area contributed by atoms with Gasteiger partial charge in [-0.2, -0.15) is 0 Å². The third-order valence-electron chi connectivity index (χ3n) is 2.64. The van der Waals surface area contributed by atoms with Crippen LogP contribution < -0.4 is 14.8 Å². The fraction of sp³-hybridized carbons (Fsp3) is 0.250. The van der Waals surface area contributed by atoms with Gasteiger partial charge in [0.1, 0.15) is 5.51 Å². The van der Waals surface area contributed by atoms with E-state index < -0.39 is 0 Å². The van der Waals surface area contributed by atoms with E-state index in [0.29, 0.717) is 40.4 Å². The Morgan fingerprint density at radius 3 is 3.00 bits per heavy atom. The van der Waals surface area contributed by atoms with Crippen LogP contribution in [0.25, 0.3) is 0 Å². The number of rotatable bonds is 2. The maximum absolute atomic E-state index is 12.1. The molecular formula is C12H10ClN3O3S. The molecule has 0 fully saturated rings. The molecule has 1 amide bonds. The molecule has 0 aliphatic carbocycles. The van der Waals surface area contributed by atoms with Crippen LogP contribution in [0.1, 0.15) is 16.8 Å². The second-order valence-electron chi connectivity index (χ2n) is 4.03. The smallest absolute Gasteiger partial charge is 0.257 e. The van der Waals surface area contributed by atoms with Gasteiger partial charge in [0.25, 0.3) is 5.91 Å². The van der Waals surface area contributed by atoms with E-state index in [4.69, 9.17) is 21.1 Å². The number of carbonyl (C=O) groups excluding carboxylic acids is 1. The van der Waals surface area contributed by atoms with Crippen LogP contribution in [0.2, 0.25) is 5.02 Å². The molecule has 0 bridgehead atoms. The summed E-state index contributed by atoms with van der Waals surface area (Å²) >= 11 is 7.37. The number of anilines is 1. The van der Waals surface area contributed by atoms with E-state index in [1.807, 2.05) is 0 Å². The summed E-state index contributed by atoms with van der Waals surface area (Å²) in [7, 11) is 0. The molecule has 1 N–H and O–H groups in total. The topological polar surface area (TPSA) is 73.3 Å². The highest BCUT2D eigenvalue weighted by Gasteiger charge is 2.18. The monoisotopic (exact) mass is 311 g/mol. The fourth-order valence-corrected chi connectivity index (χ4v) is 2.46. The van der Waals surface area contributed by atoms with Crippen LogP contribution in [0, 0.1) is 0 Å². The lowest BCUT2D eigenvalue weighted by atomic mass is 10.2. The van der Waals surface area contributed by atoms with Gasteiger partial charge in [-0.05, 0) is 12.1 Å². The number of ether oxygens (including phenoxy) is 2. The van der Waals surface area contributed by atoms with Crippen LogP contribution in [0.5, 0.6) is 11.5 Å². The van der Waals surface area contributed by atoms with E-state index in [1.165, 1.54) is 16.8 Å². The van der Waals surface area contributed by atoms with Gasteiger partial charge in [0.15, 0.2) is 11.5 Å². The predicted octanol–water partition coefficient (Wildman–Crippen LogP) is 2.61. The van der Waals surface area contributed by atoms with E-state index in [2.05, 4.69) is 15.5 Å². The molecule has 8 heteroatoms. The van der Waals surface area contributed by atoms with Gasteiger partial charge in [-0.1, -0.05) is 22.9 Å². The maximum Gasteiger partial charge on any atom is 0.257 e. The van der Waals surface area contributed by atoms with Gasteiger partial charge in [-0.25, -0.2) is 0 Å². The third-order valence-corrected chi connectivity index (χ3v) is 3.53. The number of benzene rings is 1. The predicted molar refractivity (Wildman–Crippen MR) is 74.9 cm³/mol. The summed E-state index contributed by atoms with van der Waals surface area (Å²) in [4.78, 5) is 12.1. The molecule has 6 nitrogen and oxygen atoms in total. The van der Waals surface area contributed by atoms with Gasteiger partial charge < -0.3 is 9.47 Å². The van der Waals surface area contributed by atoms with E-state index in [0.717, 1.165) is 6.42 Å². The number of hydrogen-bond donors (Lipinski definition) is 1. The van der Waals surface area contributed by atoms with Gasteiger partial charge in [0.2, 0.25) is 5.13 Å². The summed E-state index contributed by atoms with van der Waals surface area (Å²) < 4.78 is 11.1. The Kier molecular flexibility index (Phi) is 3.70. The Bertz CT molecular complexity index is 633. The van der Waals surface area contributed by atoms with Crippen LogP contribution >= 0.6 is 22.9 Å². The van der Waals surface area contributed by atoms with Crippen molar-refractivity contribution in [2.45, 2.75) is 6.42 Å². The van der Waals surface area contributed by atoms with Crippen LogP contribution in [-0.4, -0.2) is 29.3 Å². The Labute approximate surface area is 123 Å². The number of halogens is 1. The van der Waals surface area contributed by atoms with E-state index in [1.54, 1.807) is 12.1 Å². The lowest BCUT2D eigenvalue weighted by molar-refractivity contribution is 0.102. The van der Waals surface area contributed by atoms with Crippen molar-refractivity contribution in [1.29, 1.82) is 0 Å². The lowest BCUT2D eigenvalue weighted by Crippen LogP contribution is -2.12. The normalized spacial score (nSPS) is 13.7. The lowest BCUT2D eigenvalue weighted by Gasteiger charge is -2.11. The second kappa shape index (κ2) is 5.64. The number of hydrogen-bond acceptors (Lipinski definition) is 6. The average molecular weight is 312 g/mol. The highest BCUT2D eigenvalue weighted by molar-refractivity contribution is 7.13. The molecule has 0 saturated heterocycles. The second-order valence-corrected chi connectivity index (χ2v) is 5.27. The Hall–Kier alpha value is -1.86. The molecule has 0 unspecified atom stereocenters. The van der Waals surface area contributed by atoms with Crippen molar-refractivity contribution in [1.82, 2.24) is 10.2 Å². The van der Waals surface area contributed by atoms with Gasteiger partial charge >= 0.3 is 0 Å². The summed E-state index contributed by atoms with van der Waals surface area (Å²) in [6, 6.07) is 3.16. The quantitative estimate of drug-likeness (QED) is 0.923. The Morgan fingerprint density at radius 1 is 1.35 bits per heavy atom. The minimum absolute atomic E-state index is 0.320. The zero-order valence-electron chi connectivity index (χ0n) is 10.3. The minimum atomic E-state index is -0.320. The molecule has 1 aromatic carbocycles. The first-order valence-corrected chi connectivity index (χ1v) is 7.16. The molecule has 1 aromatic heterocycles. The zero-order valence-corrected chi connectivity index (χ0v) is 11.8. The number of nitrogens with one attached hydrogen (secondary N) is 1. The standard InChI is InChI=1S/C12H10ClN3O3S/c13-8-4-7(11(17)15-12-16-14-6-20-12)5-9-10(8)19-3-1-2-18-9/h4-6H,1-3H2,(H,15,16,17). The van der Waals surface area contributed by atoms with Crippen LogP contribution in [0.3, 0.4) is 0 Å².